The summed E-state index contributed by atoms with van der Waals surface area (Å²) in [7, 11) is 1.39. The fourth-order valence-corrected chi connectivity index (χ4v) is 3.44. The third-order valence-electron chi connectivity index (χ3n) is 4.75. The first-order valence-electron chi connectivity index (χ1n) is 9.82. The van der Waals surface area contributed by atoms with E-state index in [2.05, 4.69) is 9.97 Å². The Labute approximate surface area is 196 Å². The highest BCUT2D eigenvalue weighted by Gasteiger charge is 2.38. The van der Waals surface area contributed by atoms with Gasteiger partial charge in [0, 0.05) is 16.3 Å². The van der Waals surface area contributed by atoms with Crippen LogP contribution in [0.5, 0.6) is 17.4 Å². The summed E-state index contributed by atoms with van der Waals surface area (Å²) in [5.74, 6) is -1.09. The van der Waals surface area contributed by atoms with Crippen molar-refractivity contribution in [2.75, 3.05) is 7.11 Å². The highest BCUT2D eigenvalue weighted by Crippen LogP contribution is 2.35. The van der Waals surface area contributed by atoms with Crippen molar-refractivity contribution in [2.45, 2.75) is 32.7 Å². The van der Waals surface area contributed by atoms with Crippen LogP contribution in [0.4, 0.5) is 13.2 Å². The highest BCUT2D eigenvalue weighted by atomic mass is 35.5. The normalized spacial score (nSPS) is 11.2. The fourth-order valence-electron chi connectivity index (χ4n) is 3.22. The van der Waals surface area contributed by atoms with E-state index in [-0.39, 0.29) is 28.8 Å². The molecule has 178 valence electrons. The number of benzene rings is 1. The average molecular weight is 495 g/mol. The van der Waals surface area contributed by atoms with Crippen LogP contribution in [-0.2, 0) is 25.7 Å². The van der Waals surface area contributed by atoms with Crippen LogP contribution in [0.3, 0.4) is 0 Å². The van der Waals surface area contributed by atoms with Crippen molar-refractivity contribution in [1.29, 1.82) is 5.26 Å². The van der Waals surface area contributed by atoms with Crippen LogP contribution >= 0.6 is 11.6 Å². The molecule has 1 N–H and O–H groups in total. The van der Waals surface area contributed by atoms with E-state index in [4.69, 9.17) is 26.3 Å². The molecule has 34 heavy (non-hydrogen) atoms. The Morgan fingerprint density at radius 2 is 1.97 bits per heavy atom. The van der Waals surface area contributed by atoms with E-state index in [1.165, 1.54) is 19.2 Å². The number of rotatable bonds is 7. The Bertz CT molecular complexity index is 1320. The van der Waals surface area contributed by atoms with E-state index >= 15 is 0 Å². The molecule has 3 aromatic rings. The van der Waals surface area contributed by atoms with Gasteiger partial charge in [0.2, 0.25) is 11.6 Å². The fraction of sp³-hybridized carbons (Fsp3) is 0.273. The van der Waals surface area contributed by atoms with Gasteiger partial charge >= 0.3 is 6.18 Å². The number of nitriles is 1. The monoisotopic (exact) mass is 494 g/mol. The van der Waals surface area contributed by atoms with Crippen LogP contribution in [0.25, 0.3) is 0 Å². The quantitative estimate of drug-likeness (QED) is 0.526. The van der Waals surface area contributed by atoms with Crippen molar-refractivity contribution in [2.24, 2.45) is 0 Å². The van der Waals surface area contributed by atoms with Gasteiger partial charge in [-0.3, -0.25) is 9.36 Å². The molecule has 0 aliphatic rings. The zero-order valence-corrected chi connectivity index (χ0v) is 18.7. The molecule has 0 saturated heterocycles. The molecular formula is C22H18ClF3N4O4. The van der Waals surface area contributed by atoms with Crippen LogP contribution in [-0.4, -0.2) is 26.8 Å². The second-order valence-electron chi connectivity index (χ2n) is 7.02. The largest absolute Gasteiger partial charge is 0.481 e. The molecule has 12 heteroatoms. The van der Waals surface area contributed by atoms with Gasteiger partial charge in [-0.25, -0.2) is 9.97 Å². The molecule has 0 atom stereocenters. The lowest BCUT2D eigenvalue weighted by Crippen LogP contribution is -2.27. The van der Waals surface area contributed by atoms with E-state index in [0.29, 0.717) is 23.2 Å². The van der Waals surface area contributed by atoms with Crippen molar-refractivity contribution in [3.8, 4) is 23.4 Å². The third-order valence-corrected chi connectivity index (χ3v) is 4.97. The molecule has 0 aliphatic carbocycles. The van der Waals surface area contributed by atoms with Crippen LogP contribution in [0.2, 0.25) is 5.02 Å². The van der Waals surface area contributed by atoms with Gasteiger partial charge in [0.15, 0.2) is 5.69 Å². The number of aromatic nitrogens is 3. The third kappa shape index (κ3) is 5.30. The van der Waals surface area contributed by atoms with Gasteiger partial charge in [-0.15, -0.1) is 0 Å². The summed E-state index contributed by atoms with van der Waals surface area (Å²) in [5.41, 5.74) is -1.24. The smallest absolute Gasteiger partial charge is 0.437 e. The number of aryl methyl sites for hydroxylation is 1. The average Bonchev–Trinajstić information content (AvgIpc) is 2.79. The predicted molar refractivity (Wildman–Crippen MR) is 115 cm³/mol. The Balaban J connectivity index is 2.13. The van der Waals surface area contributed by atoms with Crippen LogP contribution in [0.1, 0.15) is 35.0 Å². The molecule has 0 spiro atoms. The maximum absolute atomic E-state index is 13.6. The molecule has 1 aromatic carbocycles. The first-order valence-corrected chi connectivity index (χ1v) is 10.2. The molecular weight excluding hydrogens is 477 g/mol. The SMILES string of the molecule is CCc1nc(OC)c(CO)cc1Cn1cnc(C(F)(F)F)c(Oc2cc(Cl)cc(C#N)c2)c1=O. The van der Waals surface area contributed by atoms with E-state index in [1.54, 1.807) is 13.0 Å². The van der Waals surface area contributed by atoms with Gasteiger partial charge in [0.25, 0.3) is 5.56 Å². The number of alkyl halides is 3. The van der Waals surface area contributed by atoms with Crippen LogP contribution in [0, 0.1) is 11.3 Å². The number of aliphatic hydroxyl groups is 1. The van der Waals surface area contributed by atoms with Crippen molar-refractivity contribution in [3.63, 3.8) is 0 Å². The van der Waals surface area contributed by atoms with Crippen molar-refractivity contribution >= 4 is 11.6 Å². The number of halogens is 4. The minimum Gasteiger partial charge on any atom is -0.481 e. The minimum atomic E-state index is -4.98. The molecule has 3 rings (SSSR count). The highest BCUT2D eigenvalue weighted by molar-refractivity contribution is 6.30. The van der Waals surface area contributed by atoms with Crippen molar-refractivity contribution in [3.05, 3.63) is 74.0 Å². The molecule has 0 unspecified atom stereocenters. The second-order valence-corrected chi connectivity index (χ2v) is 7.45. The Kier molecular flexibility index (Phi) is 7.44. The first-order chi connectivity index (χ1) is 16.1. The summed E-state index contributed by atoms with van der Waals surface area (Å²) < 4.78 is 52.1. The topological polar surface area (TPSA) is 110 Å². The van der Waals surface area contributed by atoms with E-state index in [0.717, 1.165) is 17.0 Å². The summed E-state index contributed by atoms with van der Waals surface area (Å²) in [5, 5.41) is 18.7. The lowest BCUT2D eigenvalue weighted by molar-refractivity contribution is -0.142. The molecule has 0 bridgehead atoms. The Morgan fingerprint density at radius 3 is 2.56 bits per heavy atom. The standard InChI is InChI=1S/C22H18ClF3N4O4/c1-3-17-13(6-14(10-31)20(29-17)33-2)9-30-11-28-19(22(24,25)26)18(21(30)32)34-16-5-12(8-27)4-15(23)7-16/h4-7,11,31H,3,9-10H2,1-2H3. The maximum atomic E-state index is 13.6. The van der Waals surface area contributed by atoms with E-state index in [9.17, 15) is 23.1 Å². The van der Waals surface area contributed by atoms with Gasteiger partial charge in [0.05, 0.1) is 38.2 Å². The first kappa shape index (κ1) is 25.0. The van der Waals surface area contributed by atoms with Crippen molar-refractivity contribution < 1.29 is 27.8 Å². The Morgan fingerprint density at radius 1 is 1.24 bits per heavy atom. The maximum Gasteiger partial charge on any atom is 0.437 e. The molecule has 2 aromatic heterocycles. The van der Waals surface area contributed by atoms with Gasteiger partial charge in [-0.05, 0) is 36.2 Å². The summed E-state index contributed by atoms with van der Waals surface area (Å²) in [4.78, 5) is 20.8. The summed E-state index contributed by atoms with van der Waals surface area (Å²) in [6.45, 7) is 1.22. The number of hydrogen-bond acceptors (Lipinski definition) is 7. The number of methoxy groups -OCH3 is 1. The summed E-state index contributed by atoms with van der Waals surface area (Å²) in [6, 6.07) is 6.99. The van der Waals surface area contributed by atoms with Gasteiger partial charge in [0.1, 0.15) is 5.75 Å². The molecule has 0 saturated carbocycles. The van der Waals surface area contributed by atoms with E-state index in [1.807, 2.05) is 6.07 Å². The van der Waals surface area contributed by atoms with Crippen LogP contribution < -0.4 is 15.0 Å². The molecule has 8 nitrogen and oxygen atoms in total. The van der Waals surface area contributed by atoms with Crippen LogP contribution in [0.15, 0.2) is 35.4 Å². The molecule has 0 radical (unpaired) electrons. The molecule has 2 heterocycles. The number of ether oxygens (including phenoxy) is 2. The molecule has 0 amide bonds. The number of pyridine rings is 1. The van der Waals surface area contributed by atoms with Gasteiger partial charge in [-0.1, -0.05) is 18.5 Å². The van der Waals surface area contributed by atoms with Gasteiger partial charge in [-0.2, -0.15) is 18.4 Å². The lowest BCUT2D eigenvalue weighted by atomic mass is 10.1. The summed E-state index contributed by atoms with van der Waals surface area (Å²) >= 11 is 5.90. The van der Waals surface area contributed by atoms with Gasteiger partial charge < -0.3 is 14.6 Å². The number of hydrogen-bond donors (Lipinski definition) is 1. The zero-order chi connectivity index (χ0) is 25.0. The predicted octanol–water partition coefficient (Wildman–Crippen LogP) is 4.09. The minimum absolute atomic E-state index is 0.0358. The number of aliphatic hydroxyl groups excluding tert-OH is 1. The molecule has 0 aliphatic heterocycles. The zero-order valence-electron chi connectivity index (χ0n) is 18.0. The van der Waals surface area contributed by atoms with E-state index < -0.39 is 29.8 Å². The Hall–Kier alpha value is -3.62. The number of nitrogens with zero attached hydrogens (tertiary/aromatic N) is 4. The lowest BCUT2D eigenvalue weighted by Gasteiger charge is -2.16. The van der Waals surface area contributed by atoms with Crippen molar-refractivity contribution in [1.82, 2.24) is 14.5 Å². The molecule has 0 fully saturated rings. The summed E-state index contributed by atoms with van der Waals surface area (Å²) in [6.07, 6.45) is -3.79. The second kappa shape index (κ2) is 10.1.